The van der Waals surface area contributed by atoms with Crippen molar-refractivity contribution in [3.8, 4) is 11.5 Å². The summed E-state index contributed by atoms with van der Waals surface area (Å²) < 4.78 is 10.8. The number of ether oxygens (including phenoxy) is 2. The van der Waals surface area contributed by atoms with E-state index in [9.17, 15) is 10.1 Å². The monoisotopic (exact) mass is 293 g/mol. The molecule has 0 bridgehead atoms. The summed E-state index contributed by atoms with van der Waals surface area (Å²) in [5.41, 5.74) is 0.00104. The first-order valence-corrected chi connectivity index (χ1v) is 6.28. The van der Waals surface area contributed by atoms with Crippen LogP contribution in [0.2, 0.25) is 5.02 Å². The van der Waals surface area contributed by atoms with Gasteiger partial charge < -0.3 is 9.47 Å². The maximum atomic E-state index is 10.6. The Bertz CT molecular complexity index is 586. The Morgan fingerprint density at radius 3 is 2.30 bits per heavy atom. The molecule has 0 aliphatic rings. The second-order valence-corrected chi connectivity index (χ2v) is 4.34. The van der Waals surface area contributed by atoms with E-state index in [1.807, 2.05) is 0 Å². The first-order valence-electron chi connectivity index (χ1n) is 5.91. The van der Waals surface area contributed by atoms with E-state index in [0.717, 1.165) is 0 Å². The topological polar surface area (TPSA) is 61.6 Å². The molecule has 0 amide bonds. The fraction of sp³-hybridized carbons (Fsp3) is 0.143. The molecular formula is C14H12ClNO4. The fourth-order valence-corrected chi connectivity index (χ4v) is 1.66. The van der Waals surface area contributed by atoms with E-state index >= 15 is 0 Å². The van der Waals surface area contributed by atoms with Gasteiger partial charge in [0.05, 0.1) is 11.0 Å². The number of non-ortho nitro benzene ring substituents is 1. The first kappa shape index (κ1) is 14.1. The minimum Gasteiger partial charge on any atom is -0.490 e. The van der Waals surface area contributed by atoms with E-state index in [-0.39, 0.29) is 5.69 Å². The number of halogens is 1. The normalized spacial score (nSPS) is 10.1. The zero-order valence-corrected chi connectivity index (χ0v) is 11.2. The molecule has 5 nitrogen and oxygen atoms in total. The zero-order valence-electron chi connectivity index (χ0n) is 10.5. The lowest BCUT2D eigenvalue weighted by atomic mass is 10.3. The smallest absolute Gasteiger partial charge is 0.273 e. The summed E-state index contributed by atoms with van der Waals surface area (Å²) in [4.78, 5) is 10.1. The van der Waals surface area contributed by atoms with E-state index in [2.05, 4.69) is 0 Å². The van der Waals surface area contributed by atoms with E-state index in [4.69, 9.17) is 21.1 Å². The van der Waals surface area contributed by atoms with Crippen molar-refractivity contribution >= 4 is 17.3 Å². The molecule has 104 valence electrons. The molecule has 2 aromatic carbocycles. The molecule has 2 aromatic rings. The van der Waals surface area contributed by atoms with E-state index in [1.54, 1.807) is 36.4 Å². The Hall–Kier alpha value is -2.27. The highest BCUT2D eigenvalue weighted by molar-refractivity contribution is 6.30. The highest BCUT2D eigenvalue weighted by Crippen LogP contribution is 2.19. The van der Waals surface area contributed by atoms with Crippen LogP contribution in [0.15, 0.2) is 48.5 Å². The van der Waals surface area contributed by atoms with E-state index in [0.29, 0.717) is 29.7 Å². The highest BCUT2D eigenvalue weighted by atomic mass is 35.5. The SMILES string of the molecule is O=[N+]([O-])c1cccc(OCCOc2ccc(Cl)cc2)c1. The quantitative estimate of drug-likeness (QED) is 0.463. The van der Waals surface area contributed by atoms with Crippen molar-refractivity contribution in [1.82, 2.24) is 0 Å². The molecule has 6 heteroatoms. The number of hydrogen-bond donors (Lipinski definition) is 0. The van der Waals surface area contributed by atoms with Crippen LogP contribution in [0.4, 0.5) is 5.69 Å². The Balaban J connectivity index is 1.79. The maximum Gasteiger partial charge on any atom is 0.273 e. The van der Waals surface area contributed by atoms with Gasteiger partial charge >= 0.3 is 0 Å². The van der Waals surface area contributed by atoms with Gasteiger partial charge in [-0.15, -0.1) is 0 Å². The summed E-state index contributed by atoms with van der Waals surface area (Å²) in [5, 5.41) is 11.3. The molecule has 0 fully saturated rings. The highest BCUT2D eigenvalue weighted by Gasteiger charge is 2.06. The minimum absolute atomic E-state index is 0.00104. The Morgan fingerprint density at radius 2 is 1.65 bits per heavy atom. The van der Waals surface area contributed by atoms with Crippen LogP contribution in [0.5, 0.6) is 11.5 Å². The molecule has 0 heterocycles. The van der Waals surface area contributed by atoms with Crippen LogP contribution in [-0.4, -0.2) is 18.1 Å². The lowest BCUT2D eigenvalue weighted by molar-refractivity contribution is -0.384. The Kier molecular flexibility index (Phi) is 4.79. The number of benzene rings is 2. The van der Waals surface area contributed by atoms with Crippen molar-refractivity contribution in [1.29, 1.82) is 0 Å². The molecule has 0 unspecified atom stereocenters. The van der Waals surface area contributed by atoms with Crippen molar-refractivity contribution < 1.29 is 14.4 Å². The van der Waals surface area contributed by atoms with Gasteiger partial charge in [-0.3, -0.25) is 10.1 Å². The van der Waals surface area contributed by atoms with Gasteiger partial charge in [0.1, 0.15) is 24.7 Å². The second kappa shape index (κ2) is 6.77. The predicted molar refractivity (Wildman–Crippen MR) is 75.5 cm³/mol. The first-order chi connectivity index (χ1) is 9.65. The third-order valence-electron chi connectivity index (χ3n) is 2.46. The van der Waals surface area contributed by atoms with Gasteiger partial charge in [0.15, 0.2) is 0 Å². The van der Waals surface area contributed by atoms with Gasteiger partial charge in [0, 0.05) is 11.1 Å². The van der Waals surface area contributed by atoms with Gasteiger partial charge in [-0.05, 0) is 30.3 Å². The molecule has 2 rings (SSSR count). The average molecular weight is 294 g/mol. The summed E-state index contributed by atoms with van der Waals surface area (Å²) in [5.74, 6) is 1.14. The standard InChI is InChI=1S/C14H12ClNO4/c15-11-4-6-13(7-5-11)19-8-9-20-14-3-1-2-12(10-14)16(17)18/h1-7,10H,8-9H2. The maximum absolute atomic E-state index is 10.6. The summed E-state index contributed by atoms with van der Waals surface area (Å²) >= 11 is 5.76. The van der Waals surface area contributed by atoms with Crippen LogP contribution in [-0.2, 0) is 0 Å². The van der Waals surface area contributed by atoms with Crippen LogP contribution in [0.3, 0.4) is 0 Å². The lowest BCUT2D eigenvalue weighted by Crippen LogP contribution is -2.09. The van der Waals surface area contributed by atoms with Gasteiger partial charge in [0.2, 0.25) is 0 Å². The molecule has 0 aromatic heterocycles. The van der Waals surface area contributed by atoms with Crippen molar-refractivity contribution in [3.05, 3.63) is 63.7 Å². The van der Waals surface area contributed by atoms with Gasteiger partial charge in [-0.25, -0.2) is 0 Å². The third kappa shape index (κ3) is 4.13. The summed E-state index contributed by atoms with van der Waals surface area (Å²) in [6, 6.07) is 13.0. The predicted octanol–water partition coefficient (Wildman–Crippen LogP) is 3.71. The summed E-state index contributed by atoms with van der Waals surface area (Å²) in [7, 11) is 0. The van der Waals surface area contributed by atoms with Crippen molar-refractivity contribution in [3.63, 3.8) is 0 Å². The molecule has 0 radical (unpaired) electrons. The van der Waals surface area contributed by atoms with Gasteiger partial charge in [0.25, 0.3) is 5.69 Å². The van der Waals surface area contributed by atoms with Crippen molar-refractivity contribution in [2.45, 2.75) is 0 Å². The van der Waals surface area contributed by atoms with Crippen LogP contribution < -0.4 is 9.47 Å². The average Bonchev–Trinajstić information content (AvgIpc) is 2.46. The molecule has 0 spiro atoms. The van der Waals surface area contributed by atoms with Crippen LogP contribution in [0.1, 0.15) is 0 Å². The molecule has 0 atom stereocenters. The molecule has 0 aliphatic heterocycles. The van der Waals surface area contributed by atoms with E-state index in [1.165, 1.54) is 12.1 Å². The van der Waals surface area contributed by atoms with Crippen molar-refractivity contribution in [2.75, 3.05) is 13.2 Å². The van der Waals surface area contributed by atoms with Gasteiger partial charge in [-0.2, -0.15) is 0 Å². The van der Waals surface area contributed by atoms with Gasteiger partial charge in [-0.1, -0.05) is 17.7 Å². The van der Waals surface area contributed by atoms with Crippen molar-refractivity contribution in [2.24, 2.45) is 0 Å². The van der Waals surface area contributed by atoms with Crippen LogP contribution >= 0.6 is 11.6 Å². The fourth-order valence-electron chi connectivity index (χ4n) is 1.54. The lowest BCUT2D eigenvalue weighted by Gasteiger charge is -2.08. The molecule has 0 N–H and O–H groups in total. The number of rotatable bonds is 6. The molecule has 0 aliphatic carbocycles. The Labute approximate surface area is 120 Å². The molecule has 0 saturated carbocycles. The van der Waals surface area contributed by atoms with Crippen LogP contribution in [0, 0.1) is 10.1 Å². The molecule has 20 heavy (non-hydrogen) atoms. The summed E-state index contributed by atoms with van der Waals surface area (Å²) in [6.45, 7) is 0.633. The Morgan fingerprint density at radius 1 is 1.00 bits per heavy atom. The summed E-state index contributed by atoms with van der Waals surface area (Å²) in [6.07, 6.45) is 0. The van der Waals surface area contributed by atoms with Crippen LogP contribution in [0.25, 0.3) is 0 Å². The number of nitro groups is 1. The molecule has 0 saturated heterocycles. The third-order valence-corrected chi connectivity index (χ3v) is 2.71. The zero-order chi connectivity index (χ0) is 14.4. The number of nitrogens with zero attached hydrogens (tertiary/aromatic N) is 1. The largest absolute Gasteiger partial charge is 0.490 e. The number of hydrogen-bond acceptors (Lipinski definition) is 4. The molecular weight excluding hydrogens is 282 g/mol. The minimum atomic E-state index is -0.461. The second-order valence-electron chi connectivity index (χ2n) is 3.91. The number of nitro benzene ring substituents is 1. The van der Waals surface area contributed by atoms with E-state index < -0.39 is 4.92 Å².